The number of amides is 1. The molecule has 1 unspecified atom stereocenters. The first-order valence-electron chi connectivity index (χ1n) is 8.57. The van der Waals surface area contributed by atoms with Crippen LogP contribution in [0.25, 0.3) is 5.69 Å². The summed E-state index contributed by atoms with van der Waals surface area (Å²) in [4.78, 5) is 14.7. The van der Waals surface area contributed by atoms with Crippen molar-refractivity contribution in [2.75, 3.05) is 19.7 Å². The monoisotopic (exact) mass is 445 g/mol. The number of rotatable bonds is 3. The van der Waals surface area contributed by atoms with Gasteiger partial charge in [0.25, 0.3) is 5.91 Å². The molecule has 0 radical (unpaired) electrons. The highest BCUT2D eigenvalue weighted by Gasteiger charge is 2.27. The van der Waals surface area contributed by atoms with Crippen molar-refractivity contribution in [1.82, 2.24) is 14.7 Å². The molecule has 1 aromatic heterocycles. The summed E-state index contributed by atoms with van der Waals surface area (Å²) in [5.74, 6) is -0.0475. The Labute approximate surface area is 170 Å². The van der Waals surface area contributed by atoms with Crippen LogP contribution in [0.1, 0.15) is 22.0 Å². The van der Waals surface area contributed by atoms with E-state index in [0.29, 0.717) is 30.3 Å². The molecule has 0 N–H and O–H groups in total. The van der Waals surface area contributed by atoms with E-state index >= 15 is 0 Å². The van der Waals surface area contributed by atoms with Crippen molar-refractivity contribution in [3.63, 3.8) is 0 Å². The fourth-order valence-corrected chi connectivity index (χ4v) is 3.54. The second-order valence-electron chi connectivity index (χ2n) is 6.32. The third-order valence-electron chi connectivity index (χ3n) is 4.50. The van der Waals surface area contributed by atoms with Crippen LogP contribution in [0.4, 0.5) is 0 Å². The number of aromatic nitrogens is 2. The molecule has 7 heteroatoms. The van der Waals surface area contributed by atoms with E-state index in [1.165, 1.54) is 0 Å². The molecule has 2 heterocycles. The van der Waals surface area contributed by atoms with E-state index in [1.807, 2.05) is 41.3 Å². The minimum Gasteiger partial charge on any atom is -0.370 e. The van der Waals surface area contributed by atoms with Crippen LogP contribution in [0.15, 0.2) is 65.4 Å². The maximum absolute atomic E-state index is 12.9. The fraction of sp³-hybridized carbons (Fsp3) is 0.200. The lowest BCUT2D eigenvalue weighted by Gasteiger charge is -2.33. The molecule has 0 aliphatic carbocycles. The molecule has 1 atom stereocenters. The SMILES string of the molecule is O=C(c1cnn(-c2cccc(Cl)c2)c1)N1CCOC(c2ccc(Br)cc2)C1. The molecule has 27 heavy (non-hydrogen) atoms. The maximum atomic E-state index is 12.9. The molecule has 2 aromatic carbocycles. The summed E-state index contributed by atoms with van der Waals surface area (Å²) in [6, 6.07) is 15.3. The third kappa shape index (κ3) is 4.08. The second-order valence-corrected chi connectivity index (χ2v) is 7.67. The van der Waals surface area contributed by atoms with E-state index in [2.05, 4.69) is 21.0 Å². The largest absolute Gasteiger partial charge is 0.370 e. The molecule has 138 valence electrons. The number of benzene rings is 2. The van der Waals surface area contributed by atoms with Crippen molar-refractivity contribution in [2.24, 2.45) is 0 Å². The average Bonchev–Trinajstić information content (AvgIpc) is 3.18. The second kappa shape index (κ2) is 7.84. The molecule has 0 saturated carbocycles. The Bertz CT molecular complexity index is 958. The molecule has 1 amide bonds. The number of halogens is 2. The van der Waals surface area contributed by atoms with Gasteiger partial charge in [0.1, 0.15) is 6.10 Å². The van der Waals surface area contributed by atoms with Crippen LogP contribution in [0, 0.1) is 0 Å². The smallest absolute Gasteiger partial charge is 0.257 e. The van der Waals surface area contributed by atoms with Crippen LogP contribution >= 0.6 is 27.5 Å². The molecular weight excluding hydrogens is 430 g/mol. The van der Waals surface area contributed by atoms with Gasteiger partial charge in [-0.2, -0.15) is 5.10 Å². The minimum absolute atomic E-state index is 0.0475. The Kier molecular flexibility index (Phi) is 5.29. The Morgan fingerprint density at radius 2 is 2.04 bits per heavy atom. The lowest BCUT2D eigenvalue weighted by atomic mass is 10.1. The van der Waals surface area contributed by atoms with Crippen molar-refractivity contribution < 1.29 is 9.53 Å². The summed E-state index contributed by atoms with van der Waals surface area (Å²) < 4.78 is 8.54. The predicted molar refractivity (Wildman–Crippen MR) is 107 cm³/mol. The number of ether oxygens (including phenoxy) is 1. The van der Waals surface area contributed by atoms with Gasteiger partial charge < -0.3 is 9.64 Å². The van der Waals surface area contributed by atoms with Gasteiger partial charge in [0.05, 0.1) is 30.6 Å². The van der Waals surface area contributed by atoms with Crippen LogP contribution < -0.4 is 0 Å². The molecular formula is C20H17BrClN3O2. The number of carbonyl (C=O) groups is 1. The summed E-state index contributed by atoms with van der Waals surface area (Å²) in [7, 11) is 0. The zero-order valence-electron chi connectivity index (χ0n) is 14.4. The molecule has 1 saturated heterocycles. The zero-order chi connectivity index (χ0) is 18.8. The van der Waals surface area contributed by atoms with Gasteiger partial charge in [-0.1, -0.05) is 45.7 Å². The standard InChI is InChI=1S/C20H17BrClN3O2/c21-16-6-4-14(5-7-16)19-13-24(8-9-27-19)20(26)15-11-23-25(12-15)18-3-1-2-17(22)10-18/h1-7,10-12,19H,8-9,13H2. The van der Waals surface area contributed by atoms with E-state index < -0.39 is 0 Å². The van der Waals surface area contributed by atoms with Crippen LogP contribution in [-0.2, 0) is 4.74 Å². The van der Waals surface area contributed by atoms with Gasteiger partial charge in [-0.15, -0.1) is 0 Å². The quantitative estimate of drug-likeness (QED) is 0.595. The summed E-state index contributed by atoms with van der Waals surface area (Å²) in [6.07, 6.45) is 3.20. The maximum Gasteiger partial charge on any atom is 0.257 e. The summed E-state index contributed by atoms with van der Waals surface area (Å²) in [5.41, 5.74) is 2.42. The topological polar surface area (TPSA) is 47.4 Å². The van der Waals surface area contributed by atoms with Gasteiger partial charge >= 0.3 is 0 Å². The highest BCUT2D eigenvalue weighted by molar-refractivity contribution is 9.10. The minimum atomic E-state index is -0.126. The van der Waals surface area contributed by atoms with Crippen molar-refractivity contribution in [1.29, 1.82) is 0 Å². The van der Waals surface area contributed by atoms with Crippen LogP contribution in [-0.4, -0.2) is 40.3 Å². The third-order valence-corrected chi connectivity index (χ3v) is 5.26. The molecule has 0 bridgehead atoms. The van der Waals surface area contributed by atoms with Crippen molar-refractivity contribution in [3.8, 4) is 5.69 Å². The number of nitrogens with zero attached hydrogens (tertiary/aromatic N) is 3. The highest BCUT2D eigenvalue weighted by atomic mass is 79.9. The van der Waals surface area contributed by atoms with Crippen molar-refractivity contribution in [2.45, 2.75) is 6.10 Å². The molecule has 1 aliphatic heterocycles. The molecule has 0 spiro atoms. The fourth-order valence-electron chi connectivity index (χ4n) is 3.09. The van der Waals surface area contributed by atoms with Gasteiger partial charge in [0.15, 0.2) is 0 Å². The Hall–Kier alpha value is -2.15. The van der Waals surface area contributed by atoms with Crippen LogP contribution in [0.5, 0.6) is 0 Å². The normalized spacial score (nSPS) is 17.1. The van der Waals surface area contributed by atoms with Crippen molar-refractivity contribution in [3.05, 3.63) is 81.5 Å². The first kappa shape index (κ1) is 18.2. The molecule has 1 aliphatic rings. The molecule has 5 nitrogen and oxygen atoms in total. The Balaban J connectivity index is 1.50. The van der Waals surface area contributed by atoms with Crippen LogP contribution in [0.3, 0.4) is 0 Å². The van der Waals surface area contributed by atoms with E-state index in [4.69, 9.17) is 16.3 Å². The van der Waals surface area contributed by atoms with Gasteiger partial charge in [-0.25, -0.2) is 4.68 Å². The first-order chi connectivity index (χ1) is 13.1. The van der Waals surface area contributed by atoms with Crippen molar-refractivity contribution >= 4 is 33.4 Å². The Morgan fingerprint density at radius 3 is 2.81 bits per heavy atom. The van der Waals surface area contributed by atoms with Gasteiger partial charge in [0, 0.05) is 22.2 Å². The Morgan fingerprint density at radius 1 is 1.22 bits per heavy atom. The molecule has 4 rings (SSSR count). The van der Waals surface area contributed by atoms with E-state index in [9.17, 15) is 4.79 Å². The predicted octanol–water partition coefficient (Wildman–Crippen LogP) is 4.50. The van der Waals surface area contributed by atoms with Crippen LogP contribution in [0.2, 0.25) is 5.02 Å². The number of carbonyl (C=O) groups excluding carboxylic acids is 1. The lowest BCUT2D eigenvalue weighted by molar-refractivity contribution is -0.0228. The summed E-state index contributed by atoms with van der Waals surface area (Å²) >= 11 is 9.47. The van der Waals surface area contributed by atoms with Gasteiger partial charge in [-0.05, 0) is 35.9 Å². The number of hydrogen-bond donors (Lipinski definition) is 0. The van der Waals surface area contributed by atoms with Gasteiger partial charge in [-0.3, -0.25) is 4.79 Å². The van der Waals surface area contributed by atoms with E-state index in [0.717, 1.165) is 15.7 Å². The molecule has 1 fully saturated rings. The number of morpholine rings is 1. The average molecular weight is 447 g/mol. The lowest BCUT2D eigenvalue weighted by Crippen LogP contribution is -2.42. The number of hydrogen-bond acceptors (Lipinski definition) is 3. The summed E-state index contributed by atoms with van der Waals surface area (Å²) in [6.45, 7) is 1.59. The highest BCUT2D eigenvalue weighted by Crippen LogP contribution is 2.25. The summed E-state index contributed by atoms with van der Waals surface area (Å²) in [5, 5.41) is 4.93. The zero-order valence-corrected chi connectivity index (χ0v) is 16.7. The van der Waals surface area contributed by atoms with Gasteiger partial charge in [0.2, 0.25) is 0 Å². The van der Waals surface area contributed by atoms with E-state index in [1.54, 1.807) is 29.2 Å². The van der Waals surface area contributed by atoms with E-state index in [-0.39, 0.29) is 12.0 Å². The first-order valence-corrected chi connectivity index (χ1v) is 9.74. The molecule has 3 aromatic rings.